The van der Waals surface area contributed by atoms with Crippen molar-refractivity contribution in [3.63, 3.8) is 0 Å². The van der Waals surface area contributed by atoms with E-state index in [2.05, 4.69) is 6.19 Å². The Morgan fingerprint density at radius 2 is 2.14 bits per heavy atom. The highest BCUT2D eigenvalue weighted by atomic mass is 16.3. The van der Waals surface area contributed by atoms with Crippen molar-refractivity contribution in [2.45, 2.75) is 13.3 Å². The Bertz CT molecular complexity index is 330. The minimum Gasteiger partial charge on any atom is -0.394 e. The second-order valence-corrected chi connectivity index (χ2v) is 2.96. The molecule has 1 N–H and O–H groups in total. The molecule has 3 nitrogen and oxygen atoms in total. The van der Waals surface area contributed by atoms with Gasteiger partial charge in [0.05, 0.1) is 18.8 Å². The molecule has 0 aliphatic carbocycles. The van der Waals surface area contributed by atoms with Crippen LogP contribution in [-0.2, 0) is 6.42 Å². The van der Waals surface area contributed by atoms with Crippen molar-refractivity contribution < 1.29 is 5.11 Å². The zero-order valence-corrected chi connectivity index (χ0v) is 8.27. The van der Waals surface area contributed by atoms with Crippen LogP contribution in [0.2, 0.25) is 0 Å². The van der Waals surface area contributed by atoms with E-state index in [1.807, 2.05) is 31.2 Å². The number of para-hydroxylation sites is 1. The highest BCUT2D eigenvalue weighted by molar-refractivity contribution is 5.56. The molecule has 0 saturated heterocycles. The van der Waals surface area contributed by atoms with Crippen LogP contribution in [0.5, 0.6) is 0 Å². The molecule has 0 unspecified atom stereocenters. The van der Waals surface area contributed by atoms with E-state index < -0.39 is 0 Å². The summed E-state index contributed by atoms with van der Waals surface area (Å²) in [6.45, 7) is 2.40. The van der Waals surface area contributed by atoms with Gasteiger partial charge in [-0.15, -0.1) is 0 Å². The van der Waals surface area contributed by atoms with Gasteiger partial charge >= 0.3 is 0 Å². The van der Waals surface area contributed by atoms with Crippen LogP contribution < -0.4 is 4.90 Å². The van der Waals surface area contributed by atoms with E-state index in [-0.39, 0.29) is 6.61 Å². The normalized spacial score (nSPS) is 9.50. The number of aryl methyl sites for hydroxylation is 1. The van der Waals surface area contributed by atoms with Crippen LogP contribution in [0.25, 0.3) is 0 Å². The van der Waals surface area contributed by atoms with Crippen molar-refractivity contribution in [1.29, 1.82) is 5.26 Å². The molecule has 1 aromatic carbocycles. The minimum absolute atomic E-state index is 0.00832. The monoisotopic (exact) mass is 190 g/mol. The first-order valence-electron chi connectivity index (χ1n) is 4.69. The van der Waals surface area contributed by atoms with Crippen molar-refractivity contribution in [2.24, 2.45) is 0 Å². The van der Waals surface area contributed by atoms with Crippen LogP contribution in [0.4, 0.5) is 5.69 Å². The third kappa shape index (κ3) is 2.24. The van der Waals surface area contributed by atoms with Crippen LogP contribution in [0, 0.1) is 11.5 Å². The summed E-state index contributed by atoms with van der Waals surface area (Å²) in [5.74, 6) is 0. The quantitative estimate of drug-likeness (QED) is 0.578. The highest BCUT2D eigenvalue weighted by Gasteiger charge is 2.07. The van der Waals surface area contributed by atoms with E-state index in [1.165, 1.54) is 4.90 Å². The SMILES string of the molecule is CCc1ccccc1N(C#N)CCO. The van der Waals surface area contributed by atoms with Crippen molar-refractivity contribution >= 4 is 5.69 Å². The predicted molar refractivity (Wildman–Crippen MR) is 55.9 cm³/mol. The molecule has 0 saturated carbocycles. The molecule has 0 radical (unpaired) electrons. The lowest BCUT2D eigenvalue weighted by atomic mass is 10.1. The first kappa shape index (κ1) is 10.6. The Morgan fingerprint density at radius 1 is 1.43 bits per heavy atom. The summed E-state index contributed by atoms with van der Waals surface area (Å²) in [5, 5.41) is 17.7. The van der Waals surface area contributed by atoms with E-state index in [0.29, 0.717) is 6.54 Å². The molecule has 74 valence electrons. The van der Waals surface area contributed by atoms with E-state index in [9.17, 15) is 0 Å². The lowest BCUT2D eigenvalue weighted by Crippen LogP contribution is -2.21. The number of anilines is 1. The molecule has 3 heteroatoms. The summed E-state index contributed by atoms with van der Waals surface area (Å²) in [5.41, 5.74) is 2.02. The maximum Gasteiger partial charge on any atom is 0.184 e. The van der Waals surface area contributed by atoms with E-state index in [4.69, 9.17) is 10.4 Å². The third-order valence-electron chi connectivity index (χ3n) is 2.11. The molecule has 0 atom stereocenters. The Morgan fingerprint density at radius 3 is 2.71 bits per heavy atom. The Kier molecular flexibility index (Phi) is 3.96. The highest BCUT2D eigenvalue weighted by Crippen LogP contribution is 2.19. The maximum absolute atomic E-state index is 8.90. The van der Waals surface area contributed by atoms with E-state index in [1.54, 1.807) is 0 Å². The molecule has 1 rings (SSSR count). The van der Waals surface area contributed by atoms with Crippen LogP contribution in [-0.4, -0.2) is 18.3 Å². The first-order chi connectivity index (χ1) is 6.83. The Labute approximate surface area is 84.2 Å². The zero-order chi connectivity index (χ0) is 10.4. The summed E-state index contributed by atoms with van der Waals surface area (Å²) < 4.78 is 0. The standard InChI is InChI=1S/C11H14N2O/c1-2-10-5-3-4-6-11(10)13(9-12)7-8-14/h3-6,14H,2,7-8H2,1H3. The van der Waals surface area contributed by atoms with Gasteiger partial charge in [0.25, 0.3) is 0 Å². The Hall–Kier alpha value is -1.53. The largest absolute Gasteiger partial charge is 0.394 e. The van der Waals surface area contributed by atoms with Gasteiger partial charge in [0.15, 0.2) is 6.19 Å². The smallest absolute Gasteiger partial charge is 0.184 e. The molecule has 0 aromatic heterocycles. The molecule has 0 spiro atoms. The number of aliphatic hydroxyl groups is 1. The van der Waals surface area contributed by atoms with Crippen LogP contribution in [0.1, 0.15) is 12.5 Å². The van der Waals surface area contributed by atoms with Gasteiger partial charge in [0, 0.05) is 0 Å². The number of hydrogen-bond acceptors (Lipinski definition) is 3. The summed E-state index contributed by atoms with van der Waals surface area (Å²) >= 11 is 0. The molecular weight excluding hydrogens is 176 g/mol. The first-order valence-corrected chi connectivity index (χ1v) is 4.69. The topological polar surface area (TPSA) is 47.3 Å². The second kappa shape index (κ2) is 5.25. The third-order valence-corrected chi connectivity index (χ3v) is 2.11. The molecule has 0 heterocycles. The molecule has 0 aliphatic rings. The molecule has 0 amide bonds. The lowest BCUT2D eigenvalue weighted by molar-refractivity contribution is 0.305. The molecule has 0 bridgehead atoms. The van der Waals surface area contributed by atoms with Crippen molar-refractivity contribution in [3.8, 4) is 6.19 Å². The maximum atomic E-state index is 8.90. The molecule has 0 fully saturated rings. The minimum atomic E-state index is -0.00832. The lowest BCUT2D eigenvalue weighted by Gasteiger charge is -2.17. The van der Waals surface area contributed by atoms with Gasteiger partial charge < -0.3 is 5.11 Å². The second-order valence-electron chi connectivity index (χ2n) is 2.96. The number of nitriles is 1. The summed E-state index contributed by atoms with van der Waals surface area (Å²) in [7, 11) is 0. The number of aliphatic hydroxyl groups excluding tert-OH is 1. The van der Waals surface area contributed by atoms with Crippen molar-refractivity contribution in [2.75, 3.05) is 18.1 Å². The number of benzene rings is 1. The van der Waals surface area contributed by atoms with Crippen LogP contribution in [0.3, 0.4) is 0 Å². The van der Waals surface area contributed by atoms with Gasteiger partial charge in [-0.05, 0) is 18.1 Å². The summed E-state index contributed by atoms with van der Waals surface area (Å²) in [6, 6.07) is 7.75. The number of hydrogen-bond donors (Lipinski definition) is 1. The fraction of sp³-hybridized carbons (Fsp3) is 0.364. The van der Waals surface area contributed by atoms with Gasteiger partial charge in [-0.1, -0.05) is 25.1 Å². The molecule has 14 heavy (non-hydrogen) atoms. The number of rotatable bonds is 4. The van der Waals surface area contributed by atoms with Gasteiger partial charge in [-0.3, -0.25) is 4.90 Å². The molecule has 0 aliphatic heterocycles. The summed E-state index contributed by atoms with van der Waals surface area (Å²) in [6.07, 6.45) is 2.96. The van der Waals surface area contributed by atoms with Crippen molar-refractivity contribution in [1.82, 2.24) is 0 Å². The van der Waals surface area contributed by atoms with Gasteiger partial charge in [0.2, 0.25) is 0 Å². The van der Waals surface area contributed by atoms with Gasteiger partial charge in [0.1, 0.15) is 0 Å². The van der Waals surface area contributed by atoms with Crippen LogP contribution >= 0.6 is 0 Å². The predicted octanol–water partition coefficient (Wildman–Crippen LogP) is 1.53. The fourth-order valence-corrected chi connectivity index (χ4v) is 1.40. The average molecular weight is 190 g/mol. The zero-order valence-electron chi connectivity index (χ0n) is 8.27. The van der Waals surface area contributed by atoms with E-state index in [0.717, 1.165) is 17.7 Å². The fourth-order valence-electron chi connectivity index (χ4n) is 1.40. The van der Waals surface area contributed by atoms with Gasteiger partial charge in [-0.25, -0.2) is 0 Å². The summed E-state index contributed by atoms with van der Waals surface area (Å²) in [4.78, 5) is 1.51. The molecule has 1 aromatic rings. The van der Waals surface area contributed by atoms with Crippen LogP contribution in [0.15, 0.2) is 24.3 Å². The average Bonchev–Trinajstić information content (AvgIpc) is 2.26. The Balaban J connectivity index is 2.97. The van der Waals surface area contributed by atoms with Crippen molar-refractivity contribution in [3.05, 3.63) is 29.8 Å². The molecular formula is C11H14N2O. The van der Waals surface area contributed by atoms with Gasteiger partial charge in [-0.2, -0.15) is 5.26 Å². The van der Waals surface area contributed by atoms with E-state index >= 15 is 0 Å². The number of nitrogens with zero attached hydrogens (tertiary/aromatic N) is 2.